The van der Waals surface area contributed by atoms with Gasteiger partial charge < -0.3 is 43.1 Å². The number of carbonyl (C=O) groups excluding carboxylic acids is 3. The standard InChI is InChI=1S/C63H57N6O19P/c1-61(58(73)64-76,80-34-40-19-25-46(26-20-40)43-13-7-4-8-14-43)55(70)52-31-49(86-67-52)37-83-89(79,84-38-50-32-53(68-87-50)56(71)62(2,59(74)65-77)81-35-41-21-27-47(28-22-41)44-15-9-5-10-16-44)85-39-51-33-54(69-88-51)57(72)63(3,60(75)66-78)82-36-42-23-29-48(30-24-42)45-17-11-6-12-18-45/h4-33,55-57,70-72H,34-39H2,1-3H3/t55-,56-,57-,61-,62-,63-/m0/s1. The van der Waals surface area contributed by atoms with Crippen LogP contribution in [0.5, 0.6) is 0 Å². The monoisotopic (exact) mass is 1230 g/mol. The first-order chi connectivity index (χ1) is 42.9. The van der Waals surface area contributed by atoms with Gasteiger partial charge in [0.2, 0.25) is 0 Å². The lowest BCUT2D eigenvalue weighted by atomic mass is 9.95. The van der Waals surface area contributed by atoms with E-state index in [1.54, 1.807) is 36.4 Å². The highest BCUT2D eigenvalue weighted by molar-refractivity contribution is 7.48. The normalized spacial score (nSPS) is 14.7. The molecule has 0 saturated carbocycles. The third kappa shape index (κ3) is 15.3. The summed E-state index contributed by atoms with van der Waals surface area (Å²) in [5.74, 6) is -4.92. The number of benzene rings is 6. The van der Waals surface area contributed by atoms with Crippen LogP contribution in [0.1, 0.15) is 90.1 Å². The quantitative estimate of drug-likeness (QED) is 0.0278. The number of nitroso groups, excluding NO2 is 3. The van der Waals surface area contributed by atoms with Gasteiger partial charge in [-0.2, -0.15) is 0 Å². The molecule has 9 aromatic rings. The van der Waals surface area contributed by atoms with Crippen LogP contribution in [-0.2, 0) is 86.4 Å². The van der Waals surface area contributed by atoms with E-state index < -0.39 is 80.5 Å². The number of nitrogens with zero attached hydrogens (tertiary/aromatic N) is 6. The van der Waals surface area contributed by atoms with Gasteiger partial charge in [0.1, 0.15) is 55.2 Å². The maximum Gasteiger partial charge on any atom is 0.476 e. The Bertz CT molecular complexity index is 3520. The highest BCUT2D eigenvalue weighted by Crippen LogP contribution is 2.52. The summed E-state index contributed by atoms with van der Waals surface area (Å²) >= 11 is 0. The van der Waals surface area contributed by atoms with Crippen molar-refractivity contribution in [3.63, 3.8) is 0 Å². The van der Waals surface area contributed by atoms with Crippen molar-refractivity contribution in [3.8, 4) is 33.4 Å². The third-order valence-electron chi connectivity index (χ3n) is 14.6. The lowest BCUT2D eigenvalue weighted by molar-refractivity contribution is -0.163. The van der Waals surface area contributed by atoms with Crippen LogP contribution in [0, 0.1) is 14.7 Å². The van der Waals surface area contributed by atoms with E-state index in [0.29, 0.717) is 16.7 Å². The minimum Gasteiger partial charge on any atom is -0.383 e. The van der Waals surface area contributed by atoms with Gasteiger partial charge in [0.25, 0.3) is 0 Å². The number of amides is 3. The number of carbonyl (C=O) groups is 3. The molecule has 3 heterocycles. The van der Waals surface area contributed by atoms with Gasteiger partial charge in [-0.15, -0.1) is 14.7 Å². The van der Waals surface area contributed by atoms with E-state index in [1.807, 2.05) is 127 Å². The number of phosphoric ester groups is 1. The Kier molecular flexibility index (Phi) is 20.6. The number of rotatable bonds is 30. The zero-order chi connectivity index (χ0) is 63.2. The average Bonchev–Trinajstić information content (AvgIpc) is 2.81. The highest BCUT2D eigenvalue weighted by atomic mass is 31.2. The average molecular weight is 1230 g/mol. The van der Waals surface area contributed by atoms with Gasteiger partial charge in [0.15, 0.2) is 34.1 Å². The Morgan fingerprint density at radius 2 is 0.640 bits per heavy atom. The van der Waals surface area contributed by atoms with Gasteiger partial charge >= 0.3 is 25.5 Å². The fourth-order valence-corrected chi connectivity index (χ4v) is 10.1. The molecule has 3 aromatic heterocycles. The van der Waals surface area contributed by atoms with Crippen molar-refractivity contribution in [2.75, 3.05) is 0 Å². The highest BCUT2D eigenvalue weighted by Gasteiger charge is 2.48. The van der Waals surface area contributed by atoms with Crippen LogP contribution >= 0.6 is 7.82 Å². The first-order valence-corrected chi connectivity index (χ1v) is 28.8. The molecule has 0 unspecified atom stereocenters. The smallest absolute Gasteiger partial charge is 0.383 e. The van der Waals surface area contributed by atoms with Crippen molar-refractivity contribution in [3.05, 3.63) is 248 Å². The molecule has 0 spiro atoms. The Hall–Kier alpha value is -9.37. The van der Waals surface area contributed by atoms with Gasteiger partial charge in [-0.1, -0.05) is 179 Å². The Morgan fingerprint density at radius 1 is 0.404 bits per heavy atom. The van der Waals surface area contributed by atoms with Gasteiger partial charge in [0.05, 0.1) is 19.8 Å². The molecule has 0 fully saturated rings. The maximum absolute atomic E-state index is 14.6. The number of phosphoric acid groups is 1. The van der Waals surface area contributed by atoms with E-state index in [9.17, 15) is 49.0 Å². The van der Waals surface area contributed by atoms with Gasteiger partial charge in [0, 0.05) is 33.7 Å². The van der Waals surface area contributed by atoms with Gasteiger partial charge in [-0.3, -0.25) is 28.0 Å². The van der Waals surface area contributed by atoms with Crippen molar-refractivity contribution < 1.29 is 75.6 Å². The molecule has 6 atom stereocenters. The molecule has 0 aliphatic heterocycles. The second-order valence-corrected chi connectivity index (χ2v) is 22.4. The minimum atomic E-state index is -4.98. The summed E-state index contributed by atoms with van der Waals surface area (Å²) in [4.78, 5) is 74.2. The lowest BCUT2D eigenvalue weighted by Crippen LogP contribution is -2.43. The number of hydrogen-bond acceptors (Lipinski definition) is 22. The molecule has 6 aromatic carbocycles. The van der Waals surface area contributed by atoms with E-state index in [1.165, 1.54) is 0 Å². The van der Waals surface area contributed by atoms with Crippen molar-refractivity contribution >= 4 is 25.5 Å². The van der Waals surface area contributed by atoms with Crippen LogP contribution in [0.15, 0.2) is 211 Å². The fourth-order valence-electron chi connectivity index (χ4n) is 8.98. The molecule has 0 aliphatic carbocycles. The molecule has 0 saturated heterocycles. The van der Waals surface area contributed by atoms with E-state index >= 15 is 0 Å². The number of aromatic nitrogens is 3. The molecular weight excluding hydrogens is 1180 g/mol. The largest absolute Gasteiger partial charge is 0.476 e. The van der Waals surface area contributed by atoms with Crippen molar-refractivity contribution in [1.29, 1.82) is 0 Å². The fraction of sp³-hybridized carbons (Fsp3) is 0.238. The van der Waals surface area contributed by atoms with Crippen molar-refractivity contribution in [2.45, 2.75) is 95.5 Å². The van der Waals surface area contributed by atoms with E-state index in [-0.39, 0.29) is 54.2 Å². The number of ether oxygens (including phenoxy) is 3. The summed E-state index contributed by atoms with van der Waals surface area (Å²) < 4.78 is 65.3. The first-order valence-electron chi connectivity index (χ1n) is 27.3. The van der Waals surface area contributed by atoms with Crippen molar-refractivity contribution in [1.82, 2.24) is 15.5 Å². The lowest BCUT2D eigenvalue weighted by Gasteiger charge is -2.29. The molecule has 458 valence electrons. The number of hydrogen-bond donors (Lipinski definition) is 3. The molecule has 0 aliphatic rings. The van der Waals surface area contributed by atoms with E-state index in [2.05, 4.69) is 31.0 Å². The van der Waals surface area contributed by atoms with Crippen LogP contribution in [0.4, 0.5) is 0 Å². The van der Waals surface area contributed by atoms with Crippen molar-refractivity contribution in [2.24, 2.45) is 15.5 Å². The second-order valence-electron chi connectivity index (χ2n) is 20.7. The SMILES string of the molecule is C[C@@](OCc1ccc(-c2ccccc2)cc1)(C(=O)N=O)[C@@H](O)c1cc(COP(=O)(OCc2cc([C@H](O)[C@](C)(OCc3ccc(-c4ccccc4)cc3)C(=O)N=O)no2)OCc2cc([C@H](O)[C@](C)(OCc3ccc(-c4ccccc4)cc3)C(=O)N=O)no2)on1. The molecule has 25 nitrogen and oxygen atoms in total. The summed E-state index contributed by atoms with van der Waals surface area (Å²) in [5.41, 5.74) is -0.682. The molecule has 89 heavy (non-hydrogen) atoms. The summed E-state index contributed by atoms with van der Waals surface area (Å²) in [6, 6.07) is 53.3. The van der Waals surface area contributed by atoms with Crippen LogP contribution in [0.25, 0.3) is 33.4 Å². The number of aliphatic hydroxyl groups excluding tert-OH is 3. The molecule has 0 bridgehead atoms. The number of aliphatic hydroxyl groups is 3. The first kappa shape index (κ1) is 64.1. The Balaban J connectivity index is 0.901. The van der Waals surface area contributed by atoms with E-state index in [0.717, 1.165) is 72.4 Å². The molecule has 3 amide bonds. The molecule has 26 heteroatoms. The summed E-state index contributed by atoms with van der Waals surface area (Å²) in [6.07, 6.45) is -5.94. The second kappa shape index (κ2) is 28.6. The van der Waals surface area contributed by atoms with Crippen LogP contribution in [-0.4, -0.2) is 65.3 Å². The predicted octanol–water partition coefficient (Wildman–Crippen LogP) is 11.6. The zero-order valence-electron chi connectivity index (χ0n) is 47.8. The predicted molar refractivity (Wildman–Crippen MR) is 314 cm³/mol. The molecular formula is C63H57N6O19P. The Morgan fingerprint density at radius 3 is 0.876 bits per heavy atom. The van der Waals surface area contributed by atoms with Gasteiger partial charge in [-0.25, -0.2) is 4.57 Å². The zero-order valence-corrected chi connectivity index (χ0v) is 48.7. The van der Waals surface area contributed by atoms with Gasteiger partial charge in [-0.05, 0) is 70.8 Å². The summed E-state index contributed by atoms with van der Waals surface area (Å²) in [7, 11) is -4.98. The molecule has 0 radical (unpaired) electrons. The minimum absolute atomic E-state index is 0.258. The van der Waals surface area contributed by atoms with Crippen LogP contribution in [0.2, 0.25) is 0 Å². The topological polar surface area (TPSA) is 351 Å². The van der Waals surface area contributed by atoms with Crippen LogP contribution < -0.4 is 0 Å². The Labute approximate surface area is 507 Å². The summed E-state index contributed by atoms with van der Waals surface area (Å²) in [5, 5.41) is 53.6. The molecule has 9 rings (SSSR count). The molecule has 3 N–H and O–H groups in total. The maximum atomic E-state index is 14.6. The van der Waals surface area contributed by atoms with Crippen LogP contribution in [0.3, 0.4) is 0 Å². The summed E-state index contributed by atoms with van der Waals surface area (Å²) in [6.45, 7) is 0.209. The van der Waals surface area contributed by atoms with E-state index in [4.69, 9.17) is 41.4 Å². The third-order valence-corrected chi connectivity index (χ3v) is 15.9.